The number of ketones is 1. The van der Waals surface area contributed by atoms with Gasteiger partial charge in [0, 0.05) is 6.42 Å². The zero-order valence-electron chi connectivity index (χ0n) is 15.4. The molecule has 0 unspecified atom stereocenters. The Morgan fingerprint density at radius 2 is 1.50 bits per heavy atom. The summed E-state index contributed by atoms with van der Waals surface area (Å²) in [7, 11) is 0. The monoisotopic (exact) mass is 328 g/mol. The van der Waals surface area contributed by atoms with Crippen molar-refractivity contribution >= 4 is 11.4 Å². The highest BCUT2D eigenvalue weighted by Crippen LogP contribution is 2.32. The van der Waals surface area contributed by atoms with Gasteiger partial charge >= 0.3 is 0 Å². The fourth-order valence-corrected chi connectivity index (χ4v) is 3.32. The summed E-state index contributed by atoms with van der Waals surface area (Å²) in [5.74, 6) is 1.23. The molecule has 0 atom stereocenters. The van der Waals surface area contributed by atoms with E-state index in [1.54, 1.807) is 0 Å². The third-order valence-corrected chi connectivity index (χ3v) is 4.94. The van der Waals surface area contributed by atoms with E-state index < -0.39 is 0 Å². The summed E-state index contributed by atoms with van der Waals surface area (Å²) in [5.41, 5.74) is 3.30. The Hall–Kier alpha value is -1.57. The van der Waals surface area contributed by atoms with Crippen LogP contribution in [0.4, 0.5) is 0 Å². The Bertz CT molecular complexity index is 540. The van der Waals surface area contributed by atoms with Gasteiger partial charge in [-0.1, -0.05) is 64.0 Å². The molecule has 0 fully saturated rings. The average molecular weight is 328 g/mol. The van der Waals surface area contributed by atoms with Crippen LogP contribution < -0.4 is 4.74 Å². The lowest BCUT2D eigenvalue weighted by Crippen LogP contribution is -1.97. The van der Waals surface area contributed by atoms with Gasteiger partial charge in [-0.3, -0.25) is 4.79 Å². The van der Waals surface area contributed by atoms with Crippen LogP contribution in [0.15, 0.2) is 29.8 Å². The molecule has 0 heterocycles. The third-order valence-electron chi connectivity index (χ3n) is 4.94. The van der Waals surface area contributed by atoms with Gasteiger partial charge in [-0.2, -0.15) is 0 Å². The van der Waals surface area contributed by atoms with Gasteiger partial charge in [0.15, 0.2) is 5.78 Å². The molecule has 0 N–H and O–H groups in total. The summed E-state index contributed by atoms with van der Waals surface area (Å²) in [6, 6.07) is 8.23. The second-order valence-electron chi connectivity index (χ2n) is 6.87. The number of hydrogen-bond acceptors (Lipinski definition) is 2. The number of unbranched alkanes of at least 4 members (excludes halogenated alkanes) is 7. The van der Waals surface area contributed by atoms with E-state index >= 15 is 0 Å². The zero-order valence-corrected chi connectivity index (χ0v) is 15.4. The smallest absolute Gasteiger partial charge is 0.159 e. The molecule has 0 saturated carbocycles. The number of rotatable bonds is 11. The van der Waals surface area contributed by atoms with Crippen LogP contribution in [0.1, 0.15) is 83.6 Å². The first-order valence-electron chi connectivity index (χ1n) is 9.68. The first-order chi connectivity index (χ1) is 11.7. The van der Waals surface area contributed by atoms with Crippen LogP contribution in [0.25, 0.3) is 5.57 Å². The number of carbonyl (C=O) groups is 1. The second kappa shape index (κ2) is 10.3. The van der Waals surface area contributed by atoms with Crippen LogP contribution >= 0.6 is 0 Å². The molecule has 1 aromatic carbocycles. The van der Waals surface area contributed by atoms with E-state index in [2.05, 4.69) is 19.1 Å². The second-order valence-corrected chi connectivity index (χ2v) is 6.87. The maximum atomic E-state index is 11.6. The molecule has 2 nitrogen and oxygen atoms in total. The van der Waals surface area contributed by atoms with Crippen molar-refractivity contribution in [2.24, 2.45) is 0 Å². The summed E-state index contributed by atoms with van der Waals surface area (Å²) in [5, 5.41) is 0. The number of hydrogen-bond donors (Lipinski definition) is 0. The lowest BCUT2D eigenvalue weighted by atomic mass is 10.0. The van der Waals surface area contributed by atoms with Crippen molar-refractivity contribution in [1.82, 2.24) is 0 Å². The molecule has 132 valence electrons. The van der Waals surface area contributed by atoms with Crippen molar-refractivity contribution < 1.29 is 9.53 Å². The van der Waals surface area contributed by atoms with Crippen LogP contribution in [0.3, 0.4) is 0 Å². The van der Waals surface area contributed by atoms with Gasteiger partial charge in [0.1, 0.15) is 5.75 Å². The predicted octanol–water partition coefficient (Wildman–Crippen LogP) is 6.34. The standard InChI is InChI=1S/C22H32O2/c1-3-4-5-6-7-8-9-10-17-24-20-13-11-19(12-14-20)21-15-16-22(23)18(21)2/h11-14H,3-10,15-17H2,1-2H3. The third kappa shape index (κ3) is 5.81. The van der Waals surface area contributed by atoms with E-state index in [1.165, 1.54) is 50.5 Å². The Labute approximate surface area is 147 Å². The van der Waals surface area contributed by atoms with Gasteiger partial charge in [0.05, 0.1) is 6.61 Å². The molecule has 0 saturated heterocycles. The number of ether oxygens (including phenoxy) is 1. The van der Waals surface area contributed by atoms with Crippen molar-refractivity contribution in [2.75, 3.05) is 6.61 Å². The Morgan fingerprint density at radius 3 is 2.08 bits per heavy atom. The maximum absolute atomic E-state index is 11.6. The summed E-state index contributed by atoms with van der Waals surface area (Å²) in [6.45, 7) is 5.00. The van der Waals surface area contributed by atoms with Gasteiger partial charge in [-0.05, 0) is 48.6 Å². The van der Waals surface area contributed by atoms with E-state index in [0.717, 1.165) is 36.3 Å². The normalized spacial score (nSPS) is 14.5. The fourth-order valence-electron chi connectivity index (χ4n) is 3.32. The Balaban J connectivity index is 1.63. The molecular weight excluding hydrogens is 296 g/mol. The molecule has 0 aromatic heterocycles. The fraction of sp³-hybridized carbons (Fsp3) is 0.591. The maximum Gasteiger partial charge on any atom is 0.159 e. The molecule has 0 amide bonds. The minimum absolute atomic E-state index is 0.292. The minimum Gasteiger partial charge on any atom is -0.494 e. The Kier molecular flexibility index (Phi) is 8.07. The van der Waals surface area contributed by atoms with Crippen LogP contribution in [0.5, 0.6) is 5.75 Å². The molecule has 1 aliphatic rings. The molecule has 0 radical (unpaired) electrons. The molecule has 1 aromatic rings. The van der Waals surface area contributed by atoms with E-state index in [-0.39, 0.29) is 0 Å². The molecular formula is C22H32O2. The molecule has 0 aliphatic heterocycles. The molecule has 2 rings (SSSR count). The first kappa shape index (κ1) is 18.8. The van der Waals surface area contributed by atoms with Crippen LogP contribution in [0.2, 0.25) is 0 Å². The zero-order chi connectivity index (χ0) is 17.2. The van der Waals surface area contributed by atoms with E-state index in [4.69, 9.17) is 4.74 Å². The summed E-state index contributed by atoms with van der Waals surface area (Å²) in [6.07, 6.45) is 12.1. The van der Waals surface area contributed by atoms with Crippen molar-refractivity contribution in [1.29, 1.82) is 0 Å². The van der Waals surface area contributed by atoms with Crippen molar-refractivity contribution in [3.8, 4) is 5.75 Å². The molecule has 0 spiro atoms. The topological polar surface area (TPSA) is 26.3 Å². The molecule has 1 aliphatic carbocycles. The lowest BCUT2D eigenvalue weighted by Gasteiger charge is -2.08. The largest absolute Gasteiger partial charge is 0.494 e. The number of allylic oxidation sites excluding steroid dienone is 2. The Morgan fingerprint density at radius 1 is 0.875 bits per heavy atom. The highest BCUT2D eigenvalue weighted by atomic mass is 16.5. The molecule has 0 bridgehead atoms. The van der Waals surface area contributed by atoms with Gasteiger partial charge in [-0.15, -0.1) is 0 Å². The molecule has 2 heteroatoms. The van der Waals surface area contributed by atoms with Crippen LogP contribution in [-0.2, 0) is 4.79 Å². The summed E-state index contributed by atoms with van der Waals surface area (Å²) >= 11 is 0. The highest BCUT2D eigenvalue weighted by molar-refractivity contribution is 6.06. The van der Waals surface area contributed by atoms with E-state index in [0.29, 0.717) is 12.2 Å². The van der Waals surface area contributed by atoms with Crippen LogP contribution in [0, 0.1) is 0 Å². The van der Waals surface area contributed by atoms with Gasteiger partial charge < -0.3 is 4.74 Å². The SMILES string of the molecule is CCCCCCCCCCOc1ccc(C2=C(C)C(=O)CC2)cc1. The first-order valence-corrected chi connectivity index (χ1v) is 9.68. The highest BCUT2D eigenvalue weighted by Gasteiger charge is 2.19. The average Bonchev–Trinajstić information content (AvgIpc) is 2.93. The van der Waals surface area contributed by atoms with Gasteiger partial charge in [0.2, 0.25) is 0 Å². The quantitative estimate of drug-likeness (QED) is 0.443. The van der Waals surface area contributed by atoms with Crippen LogP contribution in [-0.4, -0.2) is 12.4 Å². The van der Waals surface area contributed by atoms with Gasteiger partial charge in [0.25, 0.3) is 0 Å². The lowest BCUT2D eigenvalue weighted by molar-refractivity contribution is -0.114. The van der Waals surface area contributed by atoms with Gasteiger partial charge in [-0.25, -0.2) is 0 Å². The van der Waals surface area contributed by atoms with Crippen molar-refractivity contribution in [3.05, 3.63) is 35.4 Å². The number of carbonyl (C=O) groups excluding carboxylic acids is 1. The summed E-state index contributed by atoms with van der Waals surface area (Å²) in [4.78, 5) is 11.6. The van der Waals surface area contributed by atoms with Crippen molar-refractivity contribution in [2.45, 2.75) is 78.1 Å². The molecule has 24 heavy (non-hydrogen) atoms. The number of benzene rings is 1. The minimum atomic E-state index is 0.292. The predicted molar refractivity (Wildman–Crippen MR) is 101 cm³/mol. The van der Waals surface area contributed by atoms with E-state index in [9.17, 15) is 4.79 Å². The van der Waals surface area contributed by atoms with E-state index in [1.807, 2.05) is 19.1 Å². The van der Waals surface area contributed by atoms with Crippen molar-refractivity contribution in [3.63, 3.8) is 0 Å². The summed E-state index contributed by atoms with van der Waals surface area (Å²) < 4.78 is 5.83. The number of Topliss-reactive ketones (excluding diaryl/α,β-unsaturated/α-hetero) is 1.